The molecule has 0 saturated heterocycles. The highest BCUT2D eigenvalue weighted by molar-refractivity contribution is 7.12. The van der Waals surface area contributed by atoms with E-state index in [2.05, 4.69) is 15.6 Å². The molecule has 0 aliphatic carbocycles. The van der Waals surface area contributed by atoms with E-state index in [1.165, 1.54) is 22.7 Å². The maximum Gasteiger partial charge on any atom is 0.265 e. The van der Waals surface area contributed by atoms with Gasteiger partial charge in [-0.1, -0.05) is 12.1 Å². The number of thiophene rings is 1. The molecule has 2 aromatic heterocycles. The highest BCUT2D eigenvalue weighted by Crippen LogP contribution is 2.18. The molecule has 122 valence electrons. The Hall–Kier alpha value is -2.51. The van der Waals surface area contributed by atoms with E-state index in [1.54, 1.807) is 30.3 Å². The molecule has 24 heavy (non-hydrogen) atoms. The Bertz CT molecular complexity index is 856. The molecule has 0 spiro atoms. The molecular weight excluding hydrogens is 342 g/mol. The van der Waals surface area contributed by atoms with E-state index in [9.17, 15) is 9.59 Å². The molecule has 7 heteroatoms. The van der Waals surface area contributed by atoms with E-state index in [-0.39, 0.29) is 18.2 Å². The van der Waals surface area contributed by atoms with Gasteiger partial charge in [-0.2, -0.15) is 0 Å². The molecular formula is C17H15N3O2S2. The van der Waals surface area contributed by atoms with Crippen LogP contribution in [-0.4, -0.2) is 16.8 Å². The highest BCUT2D eigenvalue weighted by Gasteiger charge is 2.09. The number of carbonyl (C=O) groups is 2. The highest BCUT2D eigenvalue weighted by atomic mass is 32.1. The zero-order valence-electron chi connectivity index (χ0n) is 12.9. The molecule has 0 saturated carbocycles. The summed E-state index contributed by atoms with van der Waals surface area (Å²) in [5, 5.41) is 10.3. The van der Waals surface area contributed by atoms with Crippen molar-refractivity contribution in [3.63, 3.8) is 0 Å². The number of aromatic nitrogens is 1. The Balaban J connectivity index is 1.62. The SMILES string of the molecule is Cc1nc(CC(=O)Nc2cccc(NC(=O)c3cccs3)c2)cs1. The van der Waals surface area contributed by atoms with Gasteiger partial charge in [-0.15, -0.1) is 22.7 Å². The van der Waals surface area contributed by atoms with Crippen molar-refractivity contribution in [3.05, 3.63) is 62.7 Å². The summed E-state index contributed by atoms with van der Waals surface area (Å²) < 4.78 is 0. The van der Waals surface area contributed by atoms with E-state index in [1.807, 2.05) is 23.8 Å². The van der Waals surface area contributed by atoms with Crippen molar-refractivity contribution in [2.24, 2.45) is 0 Å². The van der Waals surface area contributed by atoms with Crippen molar-refractivity contribution in [2.75, 3.05) is 10.6 Å². The zero-order chi connectivity index (χ0) is 16.9. The molecule has 0 atom stereocenters. The predicted octanol–water partition coefficient (Wildman–Crippen LogP) is 3.95. The van der Waals surface area contributed by atoms with Crippen molar-refractivity contribution in [1.82, 2.24) is 4.98 Å². The van der Waals surface area contributed by atoms with Gasteiger partial charge < -0.3 is 10.6 Å². The van der Waals surface area contributed by atoms with Crippen LogP contribution in [0.5, 0.6) is 0 Å². The van der Waals surface area contributed by atoms with Gasteiger partial charge in [0.05, 0.1) is 22.0 Å². The molecule has 3 rings (SSSR count). The van der Waals surface area contributed by atoms with Crippen molar-refractivity contribution in [1.29, 1.82) is 0 Å². The molecule has 2 amide bonds. The number of anilines is 2. The van der Waals surface area contributed by atoms with Crippen molar-refractivity contribution < 1.29 is 9.59 Å². The summed E-state index contributed by atoms with van der Waals surface area (Å²) in [6.07, 6.45) is 0.232. The lowest BCUT2D eigenvalue weighted by atomic mass is 10.2. The average molecular weight is 357 g/mol. The minimum absolute atomic E-state index is 0.137. The molecule has 1 aromatic carbocycles. The molecule has 5 nitrogen and oxygen atoms in total. The first-order valence-electron chi connectivity index (χ1n) is 7.26. The maximum atomic E-state index is 12.1. The van der Waals surface area contributed by atoms with Crippen LogP contribution < -0.4 is 10.6 Å². The standard InChI is InChI=1S/C17H15N3O2S2/c1-11-18-14(10-24-11)9-16(21)19-12-4-2-5-13(8-12)20-17(22)15-6-3-7-23-15/h2-8,10H,9H2,1H3,(H,19,21)(H,20,22). The summed E-state index contributed by atoms with van der Waals surface area (Å²) in [4.78, 5) is 29.1. The molecule has 2 N–H and O–H groups in total. The number of hydrogen-bond acceptors (Lipinski definition) is 5. The van der Waals surface area contributed by atoms with Gasteiger partial charge in [0.2, 0.25) is 5.91 Å². The van der Waals surface area contributed by atoms with Crippen LogP contribution in [-0.2, 0) is 11.2 Å². The summed E-state index contributed by atoms with van der Waals surface area (Å²) in [6.45, 7) is 1.91. The first-order valence-corrected chi connectivity index (χ1v) is 9.02. The van der Waals surface area contributed by atoms with E-state index >= 15 is 0 Å². The molecule has 0 unspecified atom stereocenters. The number of thiazole rings is 1. The van der Waals surface area contributed by atoms with Crippen molar-refractivity contribution in [2.45, 2.75) is 13.3 Å². The topological polar surface area (TPSA) is 71.1 Å². The van der Waals surface area contributed by atoms with Crippen LogP contribution in [0.2, 0.25) is 0 Å². The Morgan fingerprint density at radius 2 is 1.88 bits per heavy atom. The lowest BCUT2D eigenvalue weighted by Gasteiger charge is -2.08. The fourth-order valence-corrected chi connectivity index (χ4v) is 3.37. The van der Waals surface area contributed by atoms with Crippen LogP contribution >= 0.6 is 22.7 Å². The largest absolute Gasteiger partial charge is 0.326 e. The molecule has 0 radical (unpaired) electrons. The van der Waals surface area contributed by atoms with Crippen LogP contribution in [0, 0.1) is 6.92 Å². The van der Waals surface area contributed by atoms with Gasteiger partial charge in [-0.3, -0.25) is 9.59 Å². The fourth-order valence-electron chi connectivity index (χ4n) is 2.13. The number of aryl methyl sites for hydroxylation is 1. The Labute approximate surface area is 147 Å². The van der Waals surface area contributed by atoms with Crippen LogP contribution in [0.4, 0.5) is 11.4 Å². The second-order valence-corrected chi connectivity index (χ2v) is 7.10. The normalized spacial score (nSPS) is 10.4. The minimum Gasteiger partial charge on any atom is -0.326 e. The third-order valence-electron chi connectivity index (χ3n) is 3.16. The number of rotatable bonds is 5. The molecule has 2 heterocycles. The predicted molar refractivity (Wildman–Crippen MR) is 97.9 cm³/mol. The smallest absolute Gasteiger partial charge is 0.265 e. The van der Waals surface area contributed by atoms with Crippen molar-refractivity contribution >= 4 is 45.9 Å². The summed E-state index contributed by atoms with van der Waals surface area (Å²) in [5.41, 5.74) is 2.03. The summed E-state index contributed by atoms with van der Waals surface area (Å²) >= 11 is 2.90. The molecule has 0 fully saturated rings. The Kier molecular flexibility index (Phi) is 5.02. The first kappa shape index (κ1) is 16.4. The lowest BCUT2D eigenvalue weighted by molar-refractivity contribution is -0.115. The first-order chi connectivity index (χ1) is 11.6. The second kappa shape index (κ2) is 7.37. The van der Waals surface area contributed by atoms with Gasteiger partial charge >= 0.3 is 0 Å². The average Bonchev–Trinajstić information content (AvgIpc) is 3.19. The zero-order valence-corrected chi connectivity index (χ0v) is 14.5. The number of carbonyl (C=O) groups excluding carboxylic acids is 2. The van der Waals surface area contributed by atoms with Crippen LogP contribution in [0.15, 0.2) is 47.2 Å². The van der Waals surface area contributed by atoms with E-state index in [0.717, 1.165) is 10.7 Å². The molecule has 3 aromatic rings. The van der Waals surface area contributed by atoms with Gasteiger partial charge in [0, 0.05) is 16.8 Å². The van der Waals surface area contributed by atoms with Gasteiger partial charge in [0.25, 0.3) is 5.91 Å². The molecule has 0 aliphatic rings. The summed E-state index contributed by atoms with van der Waals surface area (Å²) in [5.74, 6) is -0.298. The number of amides is 2. The van der Waals surface area contributed by atoms with E-state index < -0.39 is 0 Å². The Morgan fingerprint density at radius 1 is 1.08 bits per heavy atom. The van der Waals surface area contributed by atoms with Gasteiger partial charge in [0.15, 0.2) is 0 Å². The number of nitrogens with zero attached hydrogens (tertiary/aromatic N) is 1. The summed E-state index contributed by atoms with van der Waals surface area (Å²) in [6, 6.07) is 10.7. The monoisotopic (exact) mass is 357 g/mol. The Morgan fingerprint density at radius 3 is 2.54 bits per heavy atom. The van der Waals surface area contributed by atoms with Crippen LogP contribution in [0.25, 0.3) is 0 Å². The van der Waals surface area contributed by atoms with Gasteiger partial charge in [-0.05, 0) is 36.6 Å². The van der Waals surface area contributed by atoms with Crippen LogP contribution in [0.3, 0.4) is 0 Å². The maximum absolute atomic E-state index is 12.1. The number of nitrogens with one attached hydrogen (secondary N) is 2. The van der Waals surface area contributed by atoms with Crippen LogP contribution in [0.1, 0.15) is 20.4 Å². The lowest BCUT2D eigenvalue weighted by Crippen LogP contribution is -2.15. The third kappa shape index (κ3) is 4.27. The molecule has 0 bridgehead atoms. The van der Waals surface area contributed by atoms with Gasteiger partial charge in [-0.25, -0.2) is 4.98 Å². The van der Waals surface area contributed by atoms with Crippen molar-refractivity contribution in [3.8, 4) is 0 Å². The third-order valence-corrected chi connectivity index (χ3v) is 4.85. The number of benzene rings is 1. The van der Waals surface area contributed by atoms with E-state index in [0.29, 0.717) is 16.3 Å². The number of hydrogen-bond donors (Lipinski definition) is 2. The quantitative estimate of drug-likeness (QED) is 0.726. The fraction of sp³-hybridized carbons (Fsp3) is 0.118. The molecule has 0 aliphatic heterocycles. The van der Waals surface area contributed by atoms with E-state index in [4.69, 9.17) is 0 Å². The van der Waals surface area contributed by atoms with Gasteiger partial charge in [0.1, 0.15) is 0 Å². The minimum atomic E-state index is -0.161. The summed E-state index contributed by atoms with van der Waals surface area (Å²) in [7, 11) is 0. The second-order valence-electron chi connectivity index (χ2n) is 5.10.